The van der Waals surface area contributed by atoms with Crippen LogP contribution < -0.4 is 9.64 Å². The van der Waals surface area contributed by atoms with Crippen molar-refractivity contribution in [2.75, 3.05) is 45.9 Å². The molecule has 1 amide bonds. The van der Waals surface area contributed by atoms with Crippen LogP contribution in [0, 0.1) is 6.92 Å². The van der Waals surface area contributed by atoms with Crippen LogP contribution in [-0.2, 0) is 4.74 Å². The van der Waals surface area contributed by atoms with E-state index in [0.717, 1.165) is 24.4 Å². The molecule has 0 saturated carbocycles. The predicted octanol–water partition coefficient (Wildman–Crippen LogP) is 0.0917. The number of carbonyl (C=O) groups excluding carboxylic acids is 1. The topological polar surface area (TPSA) is 63.4 Å². The minimum atomic E-state index is -0.514. The Bertz CT molecular complexity index is 501. The molecule has 0 aromatic heterocycles. The Morgan fingerprint density at radius 2 is 2.13 bits per heavy atom. The number of aryl methyl sites for hydroxylation is 1. The summed E-state index contributed by atoms with van der Waals surface area (Å²) in [5.41, 5.74) is 1.14. The van der Waals surface area contributed by atoms with E-state index < -0.39 is 6.10 Å². The Labute approximate surface area is 137 Å². The van der Waals surface area contributed by atoms with Crippen LogP contribution in [0.5, 0.6) is 5.75 Å². The first-order valence-corrected chi connectivity index (χ1v) is 8.21. The van der Waals surface area contributed by atoms with Crippen LogP contribution in [0.4, 0.5) is 4.79 Å². The predicted molar refractivity (Wildman–Crippen MR) is 86.8 cm³/mol. The second-order valence-electron chi connectivity index (χ2n) is 5.92. The van der Waals surface area contributed by atoms with Crippen LogP contribution in [0.1, 0.15) is 12.5 Å². The molecule has 1 saturated heterocycles. The van der Waals surface area contributed by atoms with Gasteiger partial charge in [-0.3, -0.25) is 4.90 Å². The van der Waals surface area contributed by atoms with Crippen molar-refractivity contribution >= 4 is 6.09 Å². The number of piperazine rings is 1. The molecule has 6 nitrogen and oxygen atoms in total. The zero-order valence-corrected chi connectivity index (χ0v) is 14.0. The zero-order valence-electron chi connectivity index (χ0n) is 14.0. The molecule has 0 bridgehead atoms. The molecule has 2 rings (SSSR count). The van der Waals surface area contributed by atoms with E-state index in [1.165, 1.54) is 4.90 Å². The number of nitrogens with one attached hydrogen (secondary N) is 1. The van der Waals surface area contributed by atoms with Crippen LogP contribution in [0.3, 0.4) is 0 Å². The second kappa shape index (κ2) is 8.74. The van der Waals surface area contributed by atoms with Crippen molar-refractivity contribution in [3.63, 3.8) is 0 Å². The number of carbonyl (C=O) groups is 1. The van der Waals surface area contributed by atoms with Gasteiger partial charge in [0.05, 0.1) is 32.8 Å². The third kappa shape index (κ3) is 5.73. The summed E-state index contributed by atoms with van der Waals surface area (Å²) in [6, 6.07) is 7.80. The first-order valence-electron chi connectivity index (χ1n) is 8.21. The fourth-order valence-electron chi connectivity index (χ4n) is 2.71. The SMILES string of the molecule is CCOC(=O)N1CC[NH+](C[C@@H](O)COc2cccc(C)c2)CC1. The van der Waals surface area contributed by atoms with Gasteiger partial charge >= 0.3 is 6.09 Å². The number of aliphatic hydroxyl groups is 1. The van der Waals surface area contributed by atoms with Crippen LogP contribution in [-0.4, -0.2) is 68.1 Å². The minimum absolute atomic E-state index is 0.241. The normalized spacial score (nSPS) is 16.9. The second-order valence-corrected chi connectivity index (χ2v) is 5.92. The van der Waals surface area contributed by atoms with Crippen molar-refractivity contribution in [1.29, 1.82) is 0 Å². The van der Waals surface area contributed by atoms with Crippen molar-refractivity contribution in [2.24, 2.45) is 0 Å². The van der Waals surface area contributed by atoms with Crippen LogP contribution >= 0.6 is 0 Å². The molecule has 1 aliphatic rings. The van der Waals surface area contributed by atoms with E-state index in [9.17, 15) is 9.90 Å². The number of hydrogen-bond donors (Lipinski definition) is 2. The first kappa shape index (κ1) is 17.6. The molecule has 1 heterocycles. The molecule has 0 radical (unpaired) electrons. The van der Waals surface area contributed by atoms with Gasteiger partial charge in [-0.1, -0.05) is 12.1 Å². The highest BCUT2D eigenvalue weighted by Gasteiger charge is 2.26. The number of ether oxygens (including phenoxy) is 2. The highest BCUT2D eigenvalue weighted by atomic mass is 16.6. The summed E-state index contributed by atoms with van der Waals surface area (Å²) in [5.74, 6) is 0.784. The fourth-order valence-corrected chi connectivity index (χ4v) is 2.71. The lowest BCUT2D eigenvalue weighted by atomic mass is 10.2. The van der Waals surface area contributed by atoms with Crippen molar-refractivity contribution in [2.45, 2.75) is 20.0 Å². The molecule has 1 aromatic rings. The molecule has 2 N–H and O–H groups in total. The Hall–Kier alpha value is -1.79. The van der Waals surface area contributed by atoms with Crippen LogP contribution in [0.25, 0.3) is 0 Å². The zero-order chi connectivity index (χ0) is 16.7. The van der Waals surface area contributed by atoms with Crippen LogP contribution in [0.15, 0.2) is 24.3 Å². The van der Waals surface area contributed by atoms with Gasteiger partial charge in [0.2, 0.25) is 0 Å². The Kier molecular flexibility index (Phi) is 6.67. The first-order chi connectivity index (χ1) is 11.1. The maximum Gasteiger partial charge on any atom is 0.410 e. The number of nitrogens with zero attached hydrogens (tertiary/aromatic N) is 1. The van der Waals surface area contributed by atoms with E-state index >= 15 is 0 Å². The average Bonchev–Trinajstić information content (AvgIpc) is 2.54. The van der Waals surface area contributed by atoms with Gasteiger partial charge in [-0.15, -0.1) is 0 Å². The van der Waals surface area contributed by atoms with E-state index in [0.29, 0.717) is 26.2 Å². The standard InChI is InChI=1S/C17H26N2O4/c1-3-22-17(21)19-9-7-18(8-10-19)12-15(20)13-23-16-6-4-5-14(2)11-16/h4-6,11,15,20H,3,7-10,12-13H2,1-2H3/p+1/t15-/m1/s1. The van der Waals surface area contributed by atoms with Gasteiger partial charge in [0.1, 0.15) is 25.0 Å². The van der Waals surface area contributed by atoms with E-state index in [1.54, 1.807) is 4.90 Å². The lowest BCUT2D eigenvalue weighted by molar-refractivity contribution is -0.907. The van der Waals surface area contributed by atoms with Crippen molar-refractivity contribution in [3.05, 3.63) is 29.8 Å². The molecule has 1 atom stereocenters. The molecular formula is C17H27N2O4+. The van der Waals surface area contributed by atoms with Gasteiger partial charge in [0, 0.05) is 0 Å². The third-order valence-corrected chi connectivity index (χ3v) is 3.95. The smallest absolute Gasteiger partial charge is 0.410 e. The molecule has 23 heavy (non-hydrogen) atoms. The maximum atomic E-state index is 11.6. The molecule has 1 aliphatic heterocycles. The molecule has 0 aliphatic carbocycles. The summed E-state index contributed by atoms with van der Waals surface area (Å²) in [4.78, 5) is 14.6. The van der Waals surface area contributed by atoms with Gasteiger partial charge in [-0.25, -0.2) is 4.79 Å². The molecular weight excluding hydrogens is 296 g/mol. The Morgan fingerprint density at radius 3 is 2.78 bits per heavy atom. The average molecular weight is 323 g/mol. The van der Waals surface area contributed by atoms with E-state index in [2.05, 4.69) is 0 Å². The molecule has 1 fully saturated rings. The number of quaternary nitrogens is 1. The summed E-state index contributed by atoms with van der Waals surface area (Å²) in [5, 5.41) is 10.1. The quantitative estimate of drug-likeness (QED) is 0.779. The molecule has 128 valence electrons. The number of rotatable bonds is 6. The number of aliphatic hydroxyl groups excluding tert-OH is 1. The largest absolute Gasteiger partial charge is 0.491 e. The summed E-state index contributed by atoms with van der Waals surface area (Å²) < 4.78 is 10.6. The summed E-state index contributed by atoms with van der Waals surface area (Å²) in [6.45, 7) is 8.11. The van der Waals surface area contributed by atoms with Gasteiger partial charge < -0.3 is 19.5 Å². The van der Waals surface area contributed by atoms with E-state index in [1.807, 2.05) is 38.1 Å². The maximum absolute atomic E-state index is 11.6. The van der Waals surface area contributed by atoms with Crippen LogP contribution in [0.2, 0.25) is 0 Å². The molecule has 0 unspecified atom stereocenters. The van der Waals surface area contributed by atoms with E-state index in [-0.39, 0.29) is 12.7 Å². The minimum Gasteiger partial charge on any atom is -0.491 e. The number of benzene rings is 1. The van der Waals surface area contributed by atoms with Gasteiger partial charge in [0.25, 0.3) is 0 Å². The van der Waals surface area contributed by atoms with E-state index in [4.69, 9.17) is 9.47 Å². The van der Waals surface area contributed by atoms with Gasteiger partial charge in [-0.2, -0.15) is 0 Å². The highest BCUT2D eigenvalue weighted by molar-refractivity contribution is 5.67. The summed E-state index contributed by atoms with van der Waals surface area (Å²) >= 11 is 0. The number of amides is 1. The lowest BCUT2D eigenvalue weighted by Crippen LogP contribution is -3.16. The molecule has 1 aromatic carbocycles. The summed E-state index contributed by atoms with van der Waals surface area (Å²) in [7, 11) is 0. The monoisotopic (exact) mass is 323 g/mol. The third-order valence-electron chi connectivity index (χ3n) is 3.95. The fraction of sp³-hybridized carbons (Fsp3) is 0.588. The Balaban J connectivity index is 1.68. The molecule has 0 spiro atoms. The molecule has 6 heteroatoms. The van der Waals surface area contributed by atoms with Crippen molar-refractivity contribution < 1.29 is 24.3 Å². The Morgan fingerprint density at radius 1 is 1.39 bits per heavy atom. The van der Waals surface area contributed by atoms with Crippen molar-refractivity contribution in [3.8, 4) is 5.75 Å². The lowest BCUT2D eigenvalue weighted by Gasteiger charge is -2.32. The summed E-state index contributed by atoms with van der Waals surface area (Å²) in [6.07, 6.45) is -0.755. The number of hydrogen-bond acceptors (Lipinski definition) is 4. The highest BCUT2D eigenvalue weighted by Crippen LogP contribution is 2.12. The van der Waals surface area contributed by atoms with Crippen molar-refractivity contribution in [1.82, 2.24) is 4.90 Å². The van der Waals surface area contributed by atoms with Gasteiger partial charge in [-0.05, 0) is 31.5 Å². The van der Waals surface area contributed by atoms with Gasteiger partial charge in [0.15, 0.2) is 0 Å².